The van der Waals surface area contributed by atoms with Crippen molar-refractivity contribution in [3.63, 3.8) is 0 Å². The summed E-state index contributed by atoms with van der Waals surface area (Å²) in [5.41, 5.74) is 21.3. The molecular weight excluding hydrogens is 949 g/mol. The van der Waals surface area contributed by atoms with Gasteiger partial charge in [0.05, 0.1) is 22.1 Å². The fourth-order valence-electron chi connectivity index (χ4n) is 12.0. The normalized spacial score (nSPS) is 12.2. The second-order valence-electron chi connectivity index (χ2n) is 20.3. The highest BCUT2D eigenvalue weighted by Gasteiger charge is 2.30. The molecule has 4 heteroatoms. The van der Waals surface area contributed by atoms with E-state index in [1.54, 1.807) is 0 Å². The Morgan fingerprint density at radius 3 is 0.705 bits per heavy atom. The van der Waals surface area contributed by atoms with Gasteiger partial charge in [-0.15, -0.1) is 0 Å². The summed E-state index contributed by atoms with van der Waals surface area (Å²) in [6.45, 7) is 0. The number of carbonyl (C=O) groups excluding carboxylic acids is 2. The van der Waals surface area contributed by atoms with Gasteiger partial charge < -0.3 is 9.13 Å². The van der Waals surface area contributed by atoms with Gasteiger partial charge in [-0.3, -0.25) is 9.59 Å². The number of hydrogen-bond acceptors (Lipinski definition) is 2. The van der Waals surface area contributed by atoms with Crippen LogP contribution in [0.2, 0.25) is 0 Å². The number of hydrogen-bond donors (Lipinski definition) is 0. The molecule has 0 fully saturated rings. The third-order valence-electron chi connectivity index (χ3n) is 15.9. The van der Waals surface area contributed by atoms with Gasteiger partial charge in [0.2, 0.25) is 0 Å². The number of rotatable bonds is 8. The van der Waals surface area contributed by atoms with Crippen LogP contribution in [0.4, 0.5) is 0 Å². The minimum Gasteiger partial charge on any atom is -0.309 e. The van der Waals surface area contributed by atoms with Crippen LogP contribution in [0.3, 0.4) is 0 Å². The van der Waals surface area contributed by atoms with Crippen LogP contribution in [0.1, 0.15) is 31.8 Å². The number of fused-ring (bicyclic) bond motifs is 8. The fourth-order valence-corrected chi connectivity index (χ4v) is 12.0. The first-order valence-corrected chi connectivity index (χ1v) is 26.5. The van der Waals surface area contributed by atoms with Gasteiger partial charge in [-0.2, -0.15) is 0 Å². The topological polar surface area (TPSA) is 44.0 Å². The molecule has 14 aromatic rings. The molecule has 364 valence electrons. The van der Waals surface area contributed by atoms with E-state index in [2.05, 4.69) is 252 Å². The van der Waals surface area contributed by atoms with E-state index in [9.17, 15) is 9.59 Å². The van der Waals surface area contributed by atoms with Crippen LogP contribution in [0.25, 0.3) is 122 Å². The van der Waals surface area contributed by atoms with Gasteiger partial charge in [-0.1, -0.05) is 182 Å². The Bertz CT molecular complexity index is 4210. The molecule has 2 aromatic heterocycles. The maximum Gasteiger partial charge on any atom is 0.194 e. The first kappa shape index (κ1) is 45.0. The summed E-state index contributed by atoms with van der Waals surface area (Å²) >= 11 is 0. The van der Waals surface area contributed by atoms with Crippen LogP contribution in [0.15, 0.2) is 279 Å². The molecule has 0 atom stereocenters. The first-order chi connectivity index (χ1) is 38.5. The maximum atomic E-state index is 14.4. The lowest BCUT2D eigenvalue weighted by Crippen LogP contribution is -2.21. The van der Waals surface area contributed by atoms with Crippen molar-refractivity contribution in [1.29, 1.82) is 0 Å². The van der Waals surface area contributed by atoms with Crippen LogP contribution in [-0.2, 0) is 0 Å². The molecule has 4 nitrogen and oxygen atoms in total. The third kappa shape index (κ3) is 7.45. The Kier molecular flexibility index (Phi) is 10.5. The average Bonchev–Trinajstić information content (AvgIpc) is 4.24. The highest BCUT2D eigenvalue weighted by Crippen LogP contribution is 2.41. The molecule has 0 bridgehead atoms. The highest BCUT2D eigenvalue weighted by atomic mass is 16.1. The van der Waals surface area contributed by atoms with Gasteiger partial charge in [-0.05, 0) is 164 Å². The molecule has 1 aliphatic rings. The van der Waals surface area contributed by atoms with E-state index in [4.69, 9.17) is 0 Å². The van der Waals surface area contributed by atoms with Gasteiger partial charge in [0.1, 0.15) is 0 Å². The summed E-state index contributed by atoms with van der Waals surface area (Å²) in [7, 11) is 0. The lowest BCUT2D eigenvalue weighted by Gasteiger charge is -2.19. The molecule has 12 aromatic carbocycles. The molecule has 1 aliphatic carbocycles. The van der Waals surface area contributed by atoms with E-state index in [1.165, 1.54) is 66.1 Å². The van der Waals surface area contributed by atoms with Crippen LogP contribution >= 0.6 is 0 Å². The van der Waals surface area contributed by atoms with Gasteiger partial charge in [0.15, 0.2) is 11.6 Å². The Hall–Kier alpha value is -10.4. The zero-order valence-electron chi connectivity index (χ0n) is 42.3. The molecule has 15 rings (SSSR count). The first-order valence-electron chi connectivity index (χ1n) is 26.5. The molecule has 0 radical (unpaired) electrons. The number of benzene rings is 12. The molecule has 0 unspecified atom stereocenters. The van der Waals surface area contributed by atoms with Crippen molar-refractivity contribution >= 4 is 55.2 Å². The Labute approximate surface area is 451 Å². The lowest BCUT2D eigenvalue weighted by molar-refractivity contribution is 0.0979. The number of carbonyl (C=O) groups is 2. The summed E-state index contributed by atoms with van der Waals surface area (Å²) in [6, 6.07) is 97.4. The van der Waals surface area contributed by atoms with Crippen molar-refractivity contribution in [2.75, 3.05) is 0 Å². The molecule has 0 spiro atoms. The average molecular weight is 995 g/mol. The van der Waals surface area contributed by atoms with Crippen molar-refractivity contribution in [1.82, 2.24) is 9.13 Å². The predicted octanol–water partition coefficient (Wildman–Crippen LogP) is 18.7. The summed E-state index contributed by atoms with van der Waals surface area (Å²) in [4.78, 5) is 28.8. The lowest BCUT2D eigenvalue weighted by atomic mass is 9.81. The van der Waals surface area contributed by atoms with Crippen molar-refractivity contribution < 1.29 is 9.59 Å². The number of aromatic nitrogens is 2. The standard InChI is InChI=1S/C74H46N2O2/c77-73-62-36-26-54(52-23-33-60(34-24-52)76-71-39-29-57(49-17-9-3-10-18-49)43-65(71)66-44-58(30-40-72(66)76)50-19-11-4-12-20-50)46-68(62)74(78)61-35-25-53(45-67(61)73)51-21-31-59(32-22-51)75-69-37-27-55(47-13-5-1-6-14-47)41-63(69)64-42-56(28-38-70(64)75)48-15-7-2-8-16-48/h1-46H. The van der Waals surface area contributed by atoms with Crippen molar-refractivity contribution in [3.8, 4) is 78.1 Å². The summed E-state index contributed by atoms with van der Waals surface area (Å²) in [6.07, 6.45) is 0. The minimum absolute atomic E-state index is 0.146. The Morgan fingerprint density at radius 1 is 0.192 bits per heavy atom. The van der Waals surface area contributed by atoms with Gasteiger partial charge in [0, 0.05) is 55.2 Å². The van der Waals surface area contributed by atoms with E-state index in [-0.39, 0.29) is 11.6 Å². The summed E-state index contributed by atoms with van der Waals surface area (Å²) < 4.78 is 4.67. The second kappa shape index (κ2) is 18.2. The monoisotopic (exact) mass is 994 g/mol. The van der Waals surface area contributed by atoms with Gasteiger partial charge >= 0.3 is 0 Å². The summed E-state index contributed by atoms with van der Waals surface area (Å²) in [5, 5.41) is 4.73. The molecule has 78 heavy (non-hydrogen) atoms. The van der Waals surface area contributed by atoms with Crippen LogP contribution in [0, 0.1) is 0 Å². The second-order valence-corrected chi connectivity index (χ2v) is 20.3. The molecule has 2 heterocycles. The molecule has 0 aliphatic heterocycles. The van der Waals surface area contributed by atoms with Crippen molar-refractivity contribution in [2.45, 2.75) is 0 Å². The Balaban J connectivity index is 0.732. The van der Waals surface area contributed by atoms with E-state index < -0.39 is 0 Å². The fraction of sp³-hybridized carbons (Fsp3) is 0. The highest BCUT2D eigenvalue weighted by molar-refractivity contribution is 6.29. The number of ketones is 2. The smallest absolute Gasteiger partial charge is 0.194 e. The molecule has 0 saturated carbocycles. The van der Waals surface area contributed by atoms with E-state index in [0.717, 1.165) is 55.7 Å². The van der Waals surface area contributed by atoms with E-state index >= 15 is 0 Å². The molecular formula is C74H46N2O2. The SMILES string of the molecule is O=C1c2ccc(-c3ccc(-n4c5ccc(-c6ccccc6)cc5c5cc(-c6ccccc6)ccc54)cc3)cc2C(=O)c2ccc(-c3ccc(-n4c5ccc(-c6ccccc6)cc5c5cc(-c6ccccc6)ccc54)cc3)cc21. The largest absolute Gasteiger partial charge is 0.309 e. The quantitative estimate of drug-likeness (QED) is 0.152. The Morgan fingerprint density at radius 2 is 0.423 bits per heavy atom. The molecule has 0 amide bonds. The van der Waals surface area contributed by atoms with Gasteiger partial charge in [0.25, 0.3) is 0 Å². The van der Waals surface area contributed by atoms with Crippen molar-refractivity contribution in [2.24, 2.45) is 0 Å². The zero-order chi connectivity index (χ0) is 51.8. The van der Waals surface area contributed by atoms with E-state index in [1.807, 2.05) is 36.4 Å². The summed E-state index contributed by atoms with van der Waals surface area (Å²) in [5.74, 6) is -0.292. The number of nitrogens with zero attached hydrogens (tertiary/aromatic N) is 2. The van der Waals surface area contributed by atoms with E-state index in [0.29, 0.717) is 22.3 Å². The predicted molar refractivity (Wildman–Crippen MR) is 321 cm³/mol. The van der Waals surface area contributed by atoms with Crippen molar-refractivity contribution in [3.05, 3.63) is 301 Å². The van der Waals surface area contributed by atoms with Crippen LogP contribution in [0.5, 0.6) is 0 Å². The van der Waals surface area contributed by atoms with Crippen LogP contribution in [-0.4, -0.2) is 20.7 Å². The van der Waals surface area contributed by atoms with Gasteiger partial charge in [-0.25, -0.2) is 0 Å². The minimum atomic E-state index is -0.146. The zero-order valence-corrected chi connectivity index (χ0v) is 42.3. The molecule has 0 saturated heterocycles. The van der Waals surface area contributed by atoms with Crippen LogP contribution < -0.4 is 0 Å². The third-order valence-corrected chi connectivity index (χ3v) is 15.9. The molecule has 0 N–H and O–H groups in total. The maximum absolute atomic E-state index is 14.4.